The number of anilines is 2. The van der Waals surface area contributed by atoms with Crippen molar-refractivity contribution in [2.75, 3.05) is 29.4 Å². The van der Waals surface area contributed by atoms with Gasteiger partial charge in [-0.1, -0.05) is 36.4 Å². The zero-order valence-corrected chi connectivity index (χ0v) is 17.2. The van der Waals surface area contributed by atoms with Crippen LogP contribution in [0.3, 0.4) is 0 Å². The normalized spacial score (nSPS) is 20.0. The fourth-order valence-corrected chi connectivity index (χ4v) is 4.81. The maximum atomic E-state index is 14.5. The van der Waals surface area contributed by atoms with E-state index in [2.05, 4.69) is 32.2 Å². The van der Waals surface area contributed by atoms with Crippen molar-refractivity contribution < 1.29 is 9.18 Å². The van der Waals surface area contributed by atoms with Gasteiger partial charge in [0, 0.05) is 44.3 Å². The van der Waals surface area contributed by atoms with Crippen molar-refractivity contribution >= 4 is 17.3 Å². The molecule has 2 atom stereocenters. The Hall–Kier alpha value is -3.41. The quantitative estimate of drug-likeness (QED) is 0.708. The van der Waals surface area contributed by atoms with Gasteiger partial charge in [-0.3, -0.25) is 9.78 Å². The van der Waals surface area contributed by atoms with Crippen LogP contribution in [-0.4, -0.2) is 36.6 Å². The summed E-state index contributed by atoms with van der Waals surface area (Å²) in [7, 11) is 0. The van der Waals surface area contributed by atoms with Crippen LogP contribution in [0.25, 0.3) is 0 Å². The van der Waals surface area contributed by atoms with Gasteiger partial charge < -0.3 is 15.1 Å². The molecular weight excluding hydrogens is 391 g/mol. The van der Waals surface area contributed by atoms with Gasteiger partial charge in [0.15, 0.2) is 0 Å². The zero-order valence-electron chi connectivity index (χ0n) is 17.2. The number of nitrogens with one attached hydrogen (secondary N) is 1. The maximum Gasteiger partial charge on any atom is 0.225 e. The second-order valence-electron chi connectivity index (χ2n) is 8.18. The Morgan fingerprint density at radius 2 is 1.84 bits per heavy atom. The number of rotatable bonds is 4. The summed E-state index contributed by atoms with van der Waals surface area (Å²) in [5.74, 6) is -0.394. The van der Waals surface area contributed by atoms with Gasteiger partial charge in [-0.05, 0) is 41.8 Å². The van der Waals surface area contributed by atoms with Crippen LogP contribution in [0.1, 0.15) is 11.1 Å². The third kappa shape index (κ3) is 3.85. The lowest BCUT2D eigenvalue weighted by Gasteiger charge is -2.49. The maximum absolute atomic E-state index is 14.5. The number of piperazine rings is 1. The van der Waals surface area contributed by atoms with Crippen molar-refractivity contribution in [2.24, 2.45) is 5.92 Å². The summed E-state index contributed by atoms with van der Waals surface area (Å²) in [5, 5.41) is 3.10. The molecule has 0 unspecified atom stereocenters. The molecule has 5 rings (SSSR count). The highest BCUT2D eigenvalue weighted by Gasteiger charge is 2.41. The Labute approximate surface area is 181 Å². The van der Waals surface area contributed by atoms with Gasteiger partial charge in [0.2, 0.25) is 5.91 Å². The van der Waals surface area contributed by atoms with Crippen LogP contribution in [-0.2, 0) is 17.8 Å². The predicted molar refractivity (Wildman–Crippen MR) is 119 cm³/mol. The SMILES string of the molecule is O=C(NCc1cccnc1)[C@@H]1Cc2ccccc2N2CCN(c3ccccc3F)C[C@@H]12. The van der Waals surface area contributed by atoms with Gasteiger partial charge in [0.25, 0.3) is 0 Å². The van der Waals surface area contributed by atoms with E-state index < -0.39 is 0 Å². The molecule has 0 spiro atoms. The molecule has 3 heterocycles. The molecule has 0 aliphatic carbocycles. The first kappa shape index (κ1) is 19.5. The Morgan fingerprint density at radius 1 is 1.03 bits per heavy atom. The first-order chi connectivity index (χ1) is 15.2. The molecule has 1 amide bonds. The first-order valence-corrected chi connectivity index (χ1v) is 10.7. The van der Waals surface area contributed by atoms with Crippen LogP contribution in [0.2, 0.25) is 0 Å². The first-order valence-electron chi connectivity index (χ1n) is 10.7. The minimum absolute atomic E-state index is 0.0165. The highest BCUT2D eigenvalue weighted by Crippen LogP contribution is 2.37. The number of hydrogen-bond acceptors (Lipinski definition) is 4. The molecule has 2 aromatic carbocycles. The molecule has 3 aromatic rings. The highest BCUT2D eigenvalue weighted by atomic mass is 19.1. The van der Waals surface area contributed by atoms with Crippen molar-refractivity contribution in [1.82, 2.24) is 10.3 Å². The summed E-state index contributed by atoms with van der Waals surface area (Å²) >= 11 is 0. The number of carbonyl (C=O) groups is 1. The van der Waals surface area contributed by atoms with Crippen molar-refractivity contribution in [3.8, 4) is 0 Å². The largest absolute Gasteiger partial charge is 0.365 e. The summed E-state index contributed by atoms with van der Waals surface area (Å²) < 4.78 is 14.5. The van der Waals surface area contributed by atoms with Crippen LogP contribution < -0.4 is 15.1 Å². The zero-order chi connectivity index (χ0) is 21.2. The third-order valence-corrected chi connectivity index (χ3v) is 6.34. The number of halogens is 1. The van der Waals surface area contributed by atoms with E-state index in [0.717, 1.165) is 18.7 Å². The molecule has 1 aromatic heterocycles. The Balaban J connectivity index is 1.41. The van der Waals surface area contributed by atoms with E-state index in [1.54, 1.807) is 18.5 Å². The van der Waals surface area contributed by atoms with E-state index in [1.807, 2.05) is 36.4 Å². The molecule has 5 nitrogen and oxygen atoms in total. The lowest BCUT2D eigenvalue weighted by atomic mass is 9.83. The number of benzene rings is 2. The predicted octanol–water partition coefficient (Wildman–Crippen LogP) is 3.40. The number of nitrogens with zero attached hydrogens (tertiary/aromatic N) is 3. The summed E-state index contributed by atoms with van der Waals surface area (Å²) in [6, 6.07) is 19.0. The van der Waals surface area contributed by atoms with Crippen LogP contribution in [0.5, 0.6) is 0 Å². The van der Waals surface area contributed by atoms with Crippen LogP contribution >= 0.6 is 0 Å². The summed E-state index contributed by atoms with van der Waals surface area (Å²) in [6.45, 7) is 2.53. The van der Waals surface area contributed by atoms with Crippen molar-refractivity contribution in [2.45, 2.75) is 19.0 Å². The van der Waals surface area contributed by atoms with Gasteiger partial charge in [0.1, 0.15) is 5.82 Å². The second-order valence-corrected chi connectivity index (χ2v) is 8.18. The Bertz CT molecular complexity index is 1070. The third-order valence-electron chi connectivity index (χ3n) is 6.34. The lowest BCUT2D eigenvalue weighted by Crippen LogP contribution is -2.61. The Morgan fingerprint density at radius 3 is 2.65 bits per heavy atom. The number of para-hydroxylation sites is 2. The number of hydrogen-bond donors (Lipinski definition) is 1. The van der Waals surface area contributed by atoms with Gasteiger partial charge in [-0.25, -0.2) is 4.39 Å². The molecule has 31 heavy (non-hydrogen) atoms. The molecule has 158 valence electrons. The molecular formula is C25H25FN4O. The molecule has 0 bridgehead atoms. The highest BCUT2D eigenvalue weighted by molar-refractivity contribution is 5.82. The topological polar surface area (TPSA) is 48.5 Å². The van der Waals surface area contributed by atoms with Crippen LogP contribution in [0, 0.1) is 11.7 Å². The lowest BCUT2D eigenvalue weighted by molar-refractivity contribution is -0.126. The van der Waals surface area contributed by atoms with Crippen molar-refractivity contribution in [1.29, 1.82) is 0 Å². The van der Waals surface area contributed by atoms with Gasteiger partial charge in [-0.2, -0.15) is 0 Å². The van der Waals surface area contributed by atoms with Crippen LogP contribution in [0.15, 0.2) is 73.1 Å². The summed E-state index contributed by atoms with van der Waals surface area (Å²) in [5.41, 5.74) is 3.97. The van der Waals surface area contributed by atoms with E-state index in [9.17, 15) is 9.18 Å². The van der Waals surface area contributed by atoms with E-state index >= 15 is 0 Å². The number of carbonyl (C=O) groups excluding carboxylic acids is 1. The molecule has 1 fully saturated rings. The molecule has 2 aliphatic heterocycles. The average molecular weight is 417 g/mol. The van der Waals surface area contributed by atoms with Crippen molar-refractivity contribution in [3.05, 3.63) is 90.0 Å². The van der Waals surface area contributed by atoms with Crippen molar-refractivity contribution in [3.63, 3.8) is 0 Å². The molecule has 0 saturated carbocycles. The van der Waals surface area contributed by atoms with E-state index in [1.165, 1.54) is 17.3 Å². The number of aromatic nitrogens is 1. The second kappa shape index (κ2) is 8.38. The molecule has 2 aliphatic rings. The van der Waals surface area contributed by atoms with E-state index in [-0.39, 0.29) is 23.7 Å². The molecule has 0 radical (unpaired) electrons. The fraction of sp³-hybridized carbons (Fsp3) is 0.280. The van der Waals surface area contributed by atoms with Crippen LogP contribution in [0.4, 0.5) is 15.8 Å². The summed E-state index contributed by atoms with van der Waals surface area (Å²) in [4.78, 5) is 21.8. The number of pyridine rings is 1. The van der Waals surface area contributed by atoms with E-state index in [4.69, 9.17) is 0 Å². The number of amides is 1. The standard InChI is InChI=1S/C25H25FN4O/c26-21-8-2-4-10-23(21)29-12-13-30-22-9-3-1-7-19(22)14-20(24(30)17-29)25(31)28-16-18-6-5-11-27-15-18/h1-11,15,20,24H,12-14,16-17H2,(H,28,31)/t20-,24+/m1/s1. The minimum atomic E-state index is -0.218. The summed E-state index contributed by atoms with van der Waals surface area (Å²) in [6.07, 6.45) is 4.17. The van der Waals surface area contributed by atoms with E-state index in [0.29, 0.717) is 25.2 Å². The molecule has 1 N–H and O–H groups in total. The van der Waals surface area contributed by atoms with Gasteiger partial charge in [-0.15, -0.1) is 0 Å². The fourth-order valence-electron chi connectivity index (χ4n) is 4.81. The minimum Gasteiger partial charge on any atom is -0.365 e. The van der Waals surface area contributed by atoms with Gasteiger partial charge in [0.05, 0.1) is 17.6 Å². The molecule has 6 heteroatoms. The number of fused-ring (bicyclic) bond motifs is 3. The Kier molecular flexibility index (Phi) is 5.28. The monoisotopic (exact) mass is 416 g/mol. The smallest absolute Gasteiger partial charge is 0.225 e. The molecule has 1 saturated heterocycles. The average Bonchev–Trinajstić information content (AvgIpc) is 2.82. The van der Waals surface area contributed by atoms with Gasteiger partial charge >= 0.3 is 0 Å².